The minimum absolute atomic E-state index is 0.257. The molecule has 0 spiro atoms. The fourth-order valence-corrected chi connectivity index (χ4v) is 2.55. The lowest BCUT2D eigenvalue weighted by molar-refractivity contribution is 0.112. The molecule has 4 nitrogen and oxygen atoms in total. The number of nitrogens with zero attached hydrogens (tertiary/aromatic N) is 2. The van der Waals surface area contributed by atoms with Gasteiger partial charge in [0.15, 0.2) is 0 Å². The lowest BCUT2D eigenvalue weighted by Crippen LogP contribution is -2.08. The molecule has 0 saturated heterocycles. The van der Waals surface area contributed by atoms with Crippen molar-refractivity contribution in [3.05, 3.63) is 59.7 Å². The summed E-state index contributed by atoms with van der Waals surface area (Å²) in [7, 11) is 0. The van der Waals surface area contributed by atoms with Gasteiger partial charge >= 0.3 is 0 Å². The molecule has 0 aliphatic rings. The molecule has 0 saturated carbocycles. The van der Waals surface area contributed by atoms with Crippen LogP contribution in [0.15, 0.2) is 53.1 Å². The highest BCUT2D eigenvalue weighted by atomic mass is 16.5. The summed E-state index contributed by atoms with van der Waals surface area (Å²) in [4.78, 5) is 15.2. The van der Waals surface area contributed by atoms with Gasteiger partial charge in [0, 0.05) is 16.7 Å². The number of hydrogen-bond donors (Lipinski definition) is 0. The summed E-state index contributed by atoms with van der Waals surface area (Å²) in [6.07, 6.45) is 1.83. The van der Waals surface area contributed by atoms with Crippen molar-refractivity contribution in [2.75, 3.05) is 0 Å². The zero-order valence-electron chi connectivity index (χ0n) is 14.1. The molecule has 0 aliphatic carbocycles. The minimum Gasteiger partial charge on any atom is -0.334 e. The molecule has 122 valence electrons. The number of carbonyl (C=O) groups excluding carboxylic acids is 1. The van der Waals surface area contributed by atoms with Crippen molar-refractivity contribution >= 4 is 6.29 Å². The van der Waals surface area contributed by atoms with Gasteiger partial charge in [-0.15, -0.1) is 0 Å². The number of aldehydes is 1. The molecule has 0 fully saturated rings. The standard InChI is InChI=1S/C20H20N2O2/c1-20(2,3)12-14-4-10-17(11-5-14)19-21-18(22-24-19)16-8-6-15(13-23)7-9-16/h4-11,13H,12H2,1-3H3. The summed E-state index contributed by atoms with van der Waals surface area (Å²) in [6.45, 7) is 6.67. The summed E-state index contributed by atoms with van der Waals surface area (Å²) in [6, 6.07) is 15.3. The molecule has 1 aromatic heterocycles. The van der Waals surface area contributed by atoms with Crippen molar-refractivity contribution in [1.82, 2.24) is 10.1 Å². The van der Waals surface area contributed by atoms with Gasteiger partial charge in [0.2, 0.25) is 5.82 Å². The quantitative estimate of drug-likeness (QED) is 0.648. The van der Waals surface area contributed by atoms with E-state index in [-0.39, 0.29) is 5.41 Å². The first kappa shape index (κ1) is 16.1. The molecule has 1 heterocycles. The third-order valence-corrected chi connectivity index (χ3v) is 3.67. The normalized spacial score (nSPS) is 11.5. The molecule has 0 atom stereocenters. The summed E-state index contributed by atoms with van der Waals surface area (Å²) in [5, 5.41) is 4.03. The van der Waals surface area contributed by atoms with Crippen LogP contribution in [-0.4, -0.2) is 16.4 Å². The van der Waals surface area contributed by atoms with E-state index in [4.69, 9.17) is 4.52 Å². The molecule has 4 heteroatoms. The van der Waals surface area contributed by atoms with Crippen LogP contribution in [0.2, 0.25) is 0 Å². The maximum Gasteiger partial charge on any atom is 0.258 e. The summed E-state index contributed by atoms with van der Waals surface area (Å²) < 4.78 is 5.37. The van der Waals surface area contributed by atoms with Crippen LogP contribution in [0, 0.1) is 5.41 Å². The van der Waals surface area contributed by atoms with E-state index in [2.05, 4.69) is 43.0 Å². The van der Waals surface area contributed by atoms with Crippen molar-refractivity contribution in [3.8, 4) is 22.8 Å². The van der Waals surface area contributed by atoms with E-state index < -0.39 is 0 Å². The highest BCUT2D eigenvalue weighted by Crippen LogP contribution is 2.25. The lowest BCUT2D eigenvalue weighted by Gasteiger charge is -2.17. The van der Waals surface area contributed by atoms with Gasteiger partial charge in [-0.05, 0) is 29.5 Å². The largest absolute Gasteiger partial charge is 0.334 e. The van der Waals surface area contributed by atoms with Crippen molar-refractivity contribution in [2.24, 2.45) is 5.41 Å². The Morgan fingerprint density at radius 3 is 2.17 bits per heavy atom. The van der Waals surface area contributed by atoms with Crippen LogP contribution in [0.25, 0.3) is 22.8 Å². The SMILES string of the molecule is CC(C)(C)Cc1ccc(-c2nc(-c3ccc(C=O)cc3)no2)cc1. The average molecular weight is 320 g/mol. The Bertz CT molecular complexity index is 825. The Morgan fingerprint density at radius 2 is 1.58 bits per heavy atom. The highest BCUT2D eigenvalue weighted by molar-refractivity contribution is 5.76. The Balaban J connectivity index is 1.80. The predicted molar refractivity (Wildman–Crippen MR) is 93.7 cm³/mol. The van der Waals surface area contributed by atoms with E-state index in [9.17, 15) is 4.79 Å². The number of hydrogen-bond acceptors (Lipinski definition) is 4. The Hall–Kier alpha value is -2.75. The van der Waals surface area contributed by atoms with Crippen molar-refractivity contribution < 1.29 is 9.32 Å². The van der Waals surface area contributed by atoms with Crippen LogP contribution in [0.5, 0.6) is 0 Å². The Labute approximate surface area is 141 Å². The molecule has 24 heavy (non-hydrogen) atoms. The maximum atomic E-state index is 10.7. The highest BCUT2D eigenvalue weighted by Gasteiger charge is 2.13. The number of rotatable bonds is 4. The third kappa shape index (κ3) is 3.77. The van der Waals surface area contributed by atoms with Crippen molar-refractivity contribution in [2.45, 2.75) is 27.2 Å². The summed E-state index contributed by atoms with van der Waals surface area (Å²) >= 11 is 0. The van der Waals surface area contributed by atoms with Gasteiger partial charge in [0.1, 0.15) is 6.29 Å². The van der Waals surface area contributed by atoms with Gasteiger partial charge < -0.3 is 4.52 Å². The van der Waals surface area contributed by atoms with E-state index in [0.717, 1.165) is 23.8 Å². The summed E-state index contributed by atoms with van der Waals surface area (Å²) in [5.74, 6) is 1.01. The molecule has 0 aliphatic heterocycles. The zero-order valence-corrected chi connectivity index (χ0v) is 14.1. The molecule has 0 unspecified atom stereocenters. The molecule has 3 aromatic rings. The van der Waals surface area contributed by atoms with Crippen LogP contribution in [0.3, 0.4) is 0 Å². The first-order valence-corrected chi connectivity index (χ1v) is 7.93. The van der Waals surface area contributed by atoms with Gasteiger partial charge in [-0.3, -0.25) is 4.79 Å². The fourth-order valence-electron chi connectivity index (χ4n) is 2.55. The zero-order chi connectivity index (χ0) is 17.2. The summed E-state index contributed by atoms with van der Waals surface area (Å²) in [5.41, 5.74) is 3.88. The Morgan fingerprint density at radius 1 is 0.958 bits per heavy atom. The molecule has 0 amide bonds. The smallest absolute Gasteiger partial charge is 0.258 e. The first-order chi connectivity index (χ1) is 11.4. The number of benzene rings is 2. The minimum atomic E-state index is 0.257. The van der Waals surface area contributed by atoms with Gasteiger partial charge in [-0.25, -0.2) is 0 Å². The van der Waals surface area contributed by atoms with E-state index >= 15 is 0 Å². The van der Waals surface area contributed by atoms with E-state index in [0.29, 0.717) is 17.3 Å². The lowest BCUT2D eigenvalue weighted by atomic mass is 9.88. The molecule has 2 aromatic carbocycles. The maximum absolute atomic E-state index is 10.7. The Kier molecular flexibility index (Phi) is 4.30. The van der Waals surface area contributed by atoms with E-state index in [1.165, 1.54) is 5.56 Å². The molecule has 3 rings (SSSR count). The fraction of sp³-hybridized carbons (Fsp3) is 0.250. The van der Waals surface area contributed by atoms with Crippen LogP contribution in [0.1, 0.15) is 36.7 Å². The second-order valence-corrected chi connectivity index (χ2v) is 7.10. The third-order valence-electron chi connectivity index (χ3n) is 3.67. The average Bonchev–Trinajstić information content (AvgIpc) is 3.04. The molecule has 0 bridgehead atoms. The van der Waals surface area contributed by atoms with E-state index in [1.54, 1.807) is 12.1 Å². The van der Waals surface area contributed by atoms with Gasteiger partial charge in [0.05, 0.1) is 0 Å². The first-order valence-electron chi connectivity index (χ1n) is 7.93. The predicted octanol–water partition coefficient (Wildman–Crippen LogP) is 4.80. The van der Waals surface area contributed by atoms with Crippen molar-refractivity contribution in [3.63, 3.8) is 0 Å². The molecule has 0 radical (unpaired) electrons. The van der Waals surface area contributed by atoms with Gasteiger partial charge in [0.25, 0.3) is 5.89 Å². The molecular formula is C20H20N2O2. The van der Waals surface area contributed by atoms with E-state index in [1.807, 2.05) is 24.3 Å². The van der Waals surface area contributed by atoms with Crippen molar-refractivity contribution in [1.29, 1.82) is 0 Å². The van der Waals surface area contributed by atoms with Crippen LogP contribution in [0.4, 0.5) is 0 Å². The molecular weight excluding hydrogens is 300 g/mol. The second kappa shape index (κ2) is 6.40. The molecule has 0 N–H and O–H groups in total. The second-order valence-electron chi connectivity index (χ2n) is 7.10. The number of aromatic nitrogens is 2. The monoisotopic (exact) mass is 320 g/mol. The van der Waals surface area contributed by atoms with Crippen LogP contribution in [-0.2, 0) is 6.42 Å². The topological polar surface area (TPSA) is 56.0 Å². The number of carbonyl (C=O) groups is 1. The van der Waals surface area contributed by atoms with Crippen LogP contribution < -0.4 is 0 Å². The van der Waals surface area contributed by atoms with Crippen LogP contribution >= 0.6 is 0 Å². The van der Waals surface area contributed by atoms with Gasteiger partial charge in [-0.1, -0.05) is 62.3 Å². The van der Waals surface area contributed by atoms with Gasteiger partial charge in [-0.2, -0.15) is 4.98 Å².